The fourth-order valence-electron chi connectivity index (χ4n) is 4.80. The van der Waals surface area contributed by atoms with Crippen LogP contribution in [0.15, 0.2) is 12.2 Å². The van der Waals surface area contributed by atoms with Crippen LogP contribution >= 0.6 is 0 Å². The van der Waals surface area contributed by atoms with Gasteiger partial charge >= 0.3 is 0 Å². The van der Waals surface area contributed by atoms with Gasteiger partial charge in [-0.1, -0.05) is 19.9 Å². The first-order valence-corrected chi connectivity index (χ1v) is 8.56. The maximum Gasteiger partial charge on any atom is 0.259 e. The number of allylic oxidation sites excluding steroid dienone is 1. The molecular weight excluding hydrogens is 263 g/mol. The number of fused-ring (bicyclic) bond motifs is 1. The second-order valence-corrected chi connectivity index (χ2v) is 8.60. The quantitative estimate of drug-likeness (QED) is 0.546. The number of carbonyl (C=O) groups excluding carboxylic acids is 1. The molecule has 0 radical (unpaired) electrons. The molecule has 5 heteroatoms. The predicted octanol–water partition coefficient (Wildman–Crippen LogP) is 1.93. The smallest absolute Gasteiger partial charge is 0.259 e. The van der Waals surface area contributed by atoms with E-state index in [9.17, 15) is 13.2 Å². The molecule has 1 heterocycles. The first-order valence-electron chi connectivity index (χ1n) is 6.95. The third-order valence-electron chi connectivity index (χ3n) is 5.94. The highest BCUT2D eigenvalue weighted by atomic mass is 32.2. The van der Waals surface area contributed by atoms with E-state index in [4.69, 9.17) is 0 Å². The Morgan fingerprint density at radius 1 is 1.37 bits per heavy atom. The molecule has 4 nitrogen and oxygen atoms in total. The Hall–Kier alpha value is -0.840. The first kappa shape index (κ1) is 13.2. The van der Waals surface area contributed by atoms with Crippen LogP contribution in [0.5, 0.6) is 0 Å². The zero-order valence-electron chi connectivity index (χ0n) is 11.7. The second kappa shape index (κ2) is 3.62. The minimum atomic E-state index is -3.45. The van der Waals surface area contributed by atoms with Crippen LogP contribution in [0, 0.1) is 16.7 Å². The van der Waals surface area contributed by atoms with Gasteiger partial charge in [0, 0.05) is 5.41 Å². The van der Waals surface area contributed by atoms with Crippen molar-refractivity contribution in [1.82, 2.24) is 4.31 Å². The monoisotopic (exact) mass is 284 g/mol. The number of rotatable bonds is 1. The zero-order valence-corrected chi connectivity index (χ0v) is 12.5. The normalized spacial score (nSPS) is 41.9. The predicted molar refractivity (Wildman–Crippen MR) is 72.8 cm³/mol. The Bertz CT molecular complexity index is 563. The van der Waals surface area contributed by atoms with Crippen molar-refractivity contribution in [3.63, 3.8) is 0 Å². The lowest BCUT2D eigenvalue weighted by Crippen LogP contribution is -2.43. The molecule has 1 saturated heterocycles. The van der Waals surface area contributed by atoms with Crippen LogP contribution in [0.3, 0.4) is 0 Å². The molecule has 3 fully saturated rings. The average molecular weight is 284 g/mol. The summed E-state index contributed by atoms with van der Waals surface area (Å²) in [4.78, 5) is 12.1. The van der Waals surface area contributed by atoms with E-state index in [-0.39, 0.29) is 28.5 Å². The molecule has 2 bridgehead atoms. The molecular formula is C14H21NO3S. The number of nitrogens with zero attached hydrogens (tertiary/aromatic N) is 1. The summed E-state index contributed by atoms with van der Waals surface area (Å²) >= 11 is 0. The lowest BCUT2D eigenvalue weighted by Gasteiger charge is -2.36. The number of sulfonamides is 1. The van der Waals surface area contributed by atoms with E-state index in [1.807, 2.05) is 0 Å². The number of hydrogen-bond donors (Lipinski definition) is 0. The molecule has 0 aromatic heterocycles. The van der Waals surface area contributed by atoms with Crippen molar-refractivity contribution < 1.29 is 13.2 Å². The number of hydrogen-bond acceptors (Lipinski definition) is 3. The number of carbonyl (C=O) groups is 1. The molecule has 2 saturated carbocycles. The maximum absolute atomic E-state index is 12.4. The summed E-state index contributed by atoms with van der Waals surface area (Å²) in [6.45, 7) is 6.11. The average Bonchev–Trinajstić information content (AvgIpc) is 2.75. The van der Waals surface area contributed by atoms with Crippen molar-refractivity contribution in [2.24, 2.45) is 16.7 Å². The molecule has 19 heavy (non-hydrogen) atoms. The Morgan fingerprint density at radius 2 is 2.05 bits per heavy atom. The van der Waals surface area contributed by atoms with Gasteiger partial charge in [0.2, 0.25) is 10.0 Å². The van der Waals surface area contributed by atoms with Gasteiger partial charge in [-0.2, -0.15) is 0 Å². The summed E-state index contributed by atoms with van der Waals surface area (Å²) in [6.07, 6.45) is 5.87. The molecule has 1 spiro atoms. The molecule has 106 valence electrons. The van der Waals surface area contributed by atoms with Crippen LogP contribution in [0.1, 0.15) is 40.0 Å². The van der Waals surface area contributed by atoms with Gasteiger partial charge in [0.1, 0.15) is 0 Å². The molecule has 0 aromatic carbocycles. The maximum atomic E-state index is 12.4. The van der Waals surface area contributed by atoms with Gasteiger partial charge in [0.05, 0.1) is 11.8 Å². The minimum absolute atomic E-state index is 0.0235. The van der Waals surface area contributed by atoms with Gasteiger partial charge < -0.3 is 0 Å². The SMILES string of the molecule is C/C=C/[13C](=O)N1[C@@H]2C[C@H]3CC[C@]2(CS1(=O)=O)C3(C)C. The molecule has 0 N–H and O–H groups in total. The standard InChI is InChI=1S/C14H21NO3S/c1-4-5-12(16)15-11-8-10-6-7-14(11,13(10,2)3)9-19(15,17)18/h4-5,10-11H,6-9H2,1-3H3/b5-4+/t10-,11-,14-/m1/s1/i12+1. The highest BCUT2D eigenvalue weighted by Gasteiger charge is 2.72. The molecule has 0 unspecified atom stereocenters. The molecule has 3 rings (SSSR count). The van der Waals surface area contributed by atoms with Crippen LogP contribution in [0.25, 0.3) is 0 Å². The largest absolute Gasteiger partial charge is 0.269 e. The minimum Gasteiger partial charge on any atom is -0.269 e. The summed E-state index contributed by atoms with van der Waals surface area (Å²) in [5, 5.41) is 0. The fourth-order valence-corrected chi connectivity index (χ4v) is 7.30. The lowest BCUT2D eigenvalue weighted by atomic mass is 9.69. The van der Waals surface area contributed by atoms with E-state index in [1.165, 1.54) is 10.4 Å². The van der Waals surface area contributed by atoms with Crippen molar-refractivity contribution in [2.45, 2.75) is 46.1 Å². The Kier molecular flexibility index (Phi) is 2.51. The van der Waals surface area contributed by atoms with E-state index in [0.717, 1.165) is 19.3 Å². The molecule has 3 aliphatic rings. The van der Waals surface area contributed by atoms with Crippen molar-refractivity contribution >= 4 is 15.9 Å². The van der Waals surface area contributed by atoms with E-state index in [1.54, 1.807) is 13.0 Å². The highest BCUT2D eigenvalue weighted by Crippen LogP contribution is 2.69. The van der Waals surface area contributed by atoms with Crippen LogP contribution < -0.4 is 0 Å². The van der Waals surface area contributed by atoms with Crippen LogP contribution in [-0.4, -0.2) is 30.4 Å². The summed E-state index contributed by atoms with van der Waals surface area (Å²) in [5.74, 6) is 0.332. The van der Waals surface area contributed by atoms with E-state index >= 15 is 0 Å². The molecule has 0 aromatic rings. The second-order valence-electron chi connectivity index (χ2n) is 6.76. The Morgan fingerprint density at radius 3 is 2.63 bits per heavy atom. The lowest BCUT2D eigenvalue weighted by molar-refractivity contribution is -0.124. The van der Waals surface area contributed by atoms with Crippen molar-refractivity contribution in [3.8, 4) is 0 Å². The fraction of sp³-hybridized carbons (Fsp3) is 0.786. The van der Waals surface area contributed by atoms with E-state index < -0.39 is 10.0 Å². The summed E-state index contributed by atoms with van der Waals surface area (Å²) in [5.41, 5.74) is -0.191. The first-order chi connectivity index (χ1) is 8.76. The molecule has 2 aliphatic carbocycles. The number of amides is 1. The highest BCUT2D eigenvalue weighted by molar-refractivity contribution is 7.90. The van der Waals surface area contributed by atoms with Gasteiger partial charge in [0.15, 0.2) is 0 Å². The molecule has 1 amide bonds. The van der Waals surface area contributed by atoms with Crippen molar-refractivity contribution in [3.05, 3.63) is 12.2 Å². The zero-order chi connectivity index (χ0) is 14.1. The van der Waals surface area contributed by atoms with Gasteiger partial charge in [-0.3, -0.25) is 4.79 Å². The summed E-state index contributed by atoms with van der Waals surface area (Å²) < 4.78 is 26.1. The van der Waals surface area contributed by atoms with Gasteiger partial charge in [-0.05, 0) is 43.6 Å². The van der Waals surface area contributed by atoms with Crippen LogP contribution in [0.2, 0.25) is 0 Å². The van der Waals surface area contributed by atoms with Gasteiger partial charge in [-0.15, -0.1) is 0 Å². The third-order valence-corrected chi connectivity index (χ3v) is 7.85. The van der Waals surface area contributed by atoms with Crippen molar-refractivity contribution in [2.75, 3.05) is 5.75 Å². The van der Waals surface area contributed by atoms with Gasteiger partial charge in [-0.25, -0.2) is 12.7 Å². The Labute approximate surface area is 114 Å². The third kappa shape index (κ3) is 1.40. The van der Waals surface area contributed by atoms with Crippen molar-refractivity contribution in [1.29, 1.82) is 0 Å². The molecule has 1 aliphatic heterocycles. The van der Waals surface area contributed by atoms with Crippen LogP contribution in [-0.2, 0) is 14.8 Å². The summed E-state index contributed by atoms with van der Waals surface area (Å²) in [6, 6.07) is -0.116. The summed E-state index contributed by atoms with van der Waals surface area (Å²) in [7, 11) is -3.45. The Balaban J connectivity index is 2.09. The topological polar surface area (TPSA) is 54.5 Å². The van der Waals surface area contributed by atoms with Crippen LogP contribution in [0.4, 0.5) is 0 Å². The van der Waals surface area contributed by atoms with E-state index in [2.05, 4.69) is 13.8 Å². The van der Waals surface area contributed by atoms with E-state index in [0.29, 0.717) is 5.92 Å². The van der Waals surface area contributed by atoms with Gasteiger partial charge in [0.25, 0.3) is 5.91 Å². The molecule has 3 atom stereocenters.